The molecule has 0 saturated heterocycles. The van der Waals surface area contributed by atoms with Gasteiger partial charge in [-0.3, -0.25) is 4.79 Å². The summed E-state index contributed by atoms with van der Waals surface area (Å²) < 4.78 is 12.9. The molecule has 0 radical (unpaired) electrons. The quantitative estimate of drug-likeness (QED) is 0.223. The molecule has 6 nitrogen and oxygen atoms in total. The van der Waals surface area contributed by atoms with E-state index in [-0.39, 0.29) is 0 Å². The van der Waals surface area contributed by atoms with Crippen molar-refractivity contribution in [3.05, 3.63) is 107 Å². The number of carbonyl (C=O) groups is 1. The van der Waals surface area contributed by atoms with Crippen LogP contribution in [-0.4, -0.2) is 25.5 Å². The van der Waals surface area contributed by atoms with Gasteiger partial charge in [-0.2, -0.15) is 4.98 Å². The molecule has 0 saturated carbocycles. The van der Waals surface area contributed by atoms with Crippen molar-refractivity contribution in [3.63, 3.8) is 0 Å². The summed E-state index contributed by atoms with van der Waals surface area (Å²) in [6.45, 7) is 0.761. The number of anilines is 3. The van der Waals surface area contributed by atoms with Crippen LogP contribution in [0.15, 0.2) is 95.5 Å². The third-order valence-corrected chi connectivity index (χ3v) is 6.10. The van der Waals surface area contributed by atoms with Gasteiger partial charge in [-0.05, 0) is 45.3 Å². The first kappa shape index (κ1) is 24.3. The maximum atomic E-state index is 11.6. The molecule has 35 heavy (non-hydrogen) atoms. The molecule has 0 aliphatic carbocycles. The van der Waals surface area contributed by atoms with Crippen LogP contribution >= 0.6 is 15.9 Å². The summed E-state index contributed by atoms with van der Waals surface area (Å²) in [7, 11) is 3.64. The number of benzene rings is 3. The average molecular weight is 532 g/mol. The van der Waals surface area contributed by atoms with E-state index in [2.05, 4.69) is 20.9 Å². The van der Waals surface area contributed by atoms with Gasteiger partial charge in [0.1, 0.15) is 18.9 Å². The fourth-order valence-electron chi connectivity index (χ4n) is 3.62. The van der Waals surface area contributed by atoms with Crippen molar-refractivity contribution < 1.29 is 14.3 Å². The normalized spacial score (nSPS) is 10.5. The Hall–Kier alpha value is -3.84. The summed E-state index contributed by atoms with van der Waals surface area (Å²) in [6.07, 6.45) is 0.781. The third kappa shape index (κ3) is 6.00. The Kier molecular flexibility index (Phi) is 8.00. The molecule has 0 aliphatic rings. The lowest BCUT2D eigenvalue weighted by molar-refractivity contribution is -0.107. The summed E-state index contributed by atoms with van der Waals surface area (Å²) in [6, 6.07) is 29.4. The van der Waals surface area contributed by atoms with Gasteiger partial charge < -0.3 is 19.3 Å². The lowest BCUT2D eigenvalue weighted by atomic mass is 10.2. The van der Waals surface area contributed by atoms with E-state index in [4.69, 9.17) is 9.47 Å². The minimum Gasteiger partial charge on any atom is -0.473 e. The zero-order valence-corrected chi connectivity index (χ0v) is 21.2. The average Bonchev–Trinajstić information content (AvgIpc) is 2.91. The summed E-state index contributed by atoms with van der Waals surface area (Å²) in [5.74, 6) is 0.898. The van der Waals surface area contributed by atoms with Gasteiger partial charge in [0.05, 0.1) is 11.4 Å². The number of nitrogens with zero attached hydrogens (tertiary/aromatic N) is 3. The van der Waals surface area contributed by atoms with Crippen molar-refractivity contribution in [1.29, 1.82) is 0 Å². The Labute approximate surface area is 213 Å². The molecular weight excluding hydrogens is 506 g/mol. The van der Waals surface area contributed by atoms with E-state index < -0.39 is 0 Å². The lowest BCUT2D eigenvalue weighted by Crippen LogP contribution is -2.20. The second-order valence-corrected chi connectivity index (χ2v) is 8.76. The molecule has 0 unspecified atom stereocenters. The van der Waals surface area contributed by atoms with Crippen molar-refractivity contribution in [1.82, 2.24) is 4.98 Å². The fraction of sp³-hybridized carbons (Fsp3) is 0.143. The van der Waals surface area contributed by atoms with Crippen LogP contribution in [-0.2, 0) is 18.0 Å². The van der Waals surface area contributed by atoms with Crippen LogP contribution in [0.5, 0.6) is 11.8 Å². The van der Waals surface area contributed by atoms with Gasteiger partial charge in [0, 0.05) is 24.6 Å². The van der Waals surface area contributed by atoms with E-state index in [0.717, 1.165) is 39.1 Å². The van der Waals surface area contributed by atoms with Gasteiger partial charge in [-0.25, -0.2) is 0 Å². The number of amides is 1. The number of halogens is 1. The highest BCUT2D eigenvalue weighted by Gasteiger charge is 2.20. The molecule has 1 amide bonds. The Bertz CT molecular complexity index is 1270. The van der Waals surface area contributed by atoms with E-state index in [1.165, 1.54) is 4.90 Å². The number of rotatable bonds is 10. The highest BCUT2D eigenvalue weighted by Crippen LogP contribution is 2.41. The number of aromatic nitrogens is 1. The molecule has 3 aromatic carbocycles. The predicted octanol–water partition coefficient (Wildman–Crippen LogP) is 6.36. The first-order valence-electron chi connectivity index (χ1n) is 11.1. The molecule has 0 N–H and O–H groups in total. The molecule has 4 rings (SSSR count). The maximum absolute atomic E-state index is 11.6. The number of hydrogen-bond acceptors (Lipinski definition) is 5. The van der Waals surface area contributed by atoms with E-state index in [0.29, 0.717) is 25.0 Å². The van der Waals surface area contributed by atoms with Crippen LogP contribution < -0.4 is 19.3 Å². The first-order valence-corrected chi connectivity index (χ1v) is 11.9. The Morgan fingerprint density at radius 2 is 1.40 bits per heavy atom. The molecule has 1 aromatic heterocycles. The van der Waals surface area contributed by atoms with Gasteiger partial charge in [0.15, 0.2) is 0 Å². The lowest BCUT2D eigenvalue weighted by Gasteiger charge is -2.27. The molecule has 0 atom stereocenters. The van der Waals surface area contributed by atoms with E-state index >= 15 is 0 Å². The number of pyridine rings is 1. The largest absolute Gasteiger partial charge is 0.473 e. The SMILES string of the molecule is CN(C=O)c1c(Br)cccc1N(C)c1ccc(OCc2ccccc2)nc1OCc1ccccc1. The van der Waals surface area contributed by atoms with E-state index in [1.807, 2.05) is 103 Å². The van der Waals surface area contributed by atoms with Crippen molar-refractivity contribution >= 4 is 39.4 Å². The van der Waals surface area contributed by atoms with Crippen LogP contribution in [0.4, 0.5) is 17.1 Å². The molecule has 0 spiro atoms. The highest BCUT2D eigenvalue weighted by molar-refractivity contribution is 9.10. The van der Waals surface area contributed by atoms with E-state index in [9.17, 15) is 4.79 Å². The second-order valence-electron chi connectivity index (χ2n) is 7.91. The molecule has 4 aromatic rings. The van der Waals surface area contributed by atoms with Crippen LogP contribution in [0.2, 0.25) is 0 Å². The van der Waals surface area contributed by atoms with Crippen LogP contribution in [0, 0.1) is 0 Å². The number of carbonyl (C=O) groups excluding carboxylic acids is 1. The topological polar surface area (TPSA) is 54.9 Å². The smallest absolute Gasteiger partial charge is 0.241 e. The monoisotopic (exact) mass is 531 g/mol. The standard InChI is InChI=1S/C28H26BrN3O3/c1-31(20-33)27-23(29)14-9-15-24(27)32(2)25-16-17-26(34-18-21-10-5-3-6-11-21)30-28(25)35-19-22-12-7-4-8-13-22/h3-17,20H,18-19H2,1-2H3. The summed E-state index contributed by atoms with van der Waals surface area (Å²) in [4.78, 5) is 19.7. The first-order chi connectivity index (χ1) is 17.1. The number of hydrogen-bond donors (Lipinski definition) is 0. The van der Waals surface area contributed by atoms with E-state index in [1.54, 1.807) is 7.05 Å². The zero-order valence-electron chi connectivity index (χ0n) is 19.6. The van der Waals surface area contributed by atoms with Gasteiger partial charge in [0.25, 0.3) is 0 Å². The van der Waals surface area contributed by atoms with Gasteiger partial charge >= 0.3 is 0 Å². The summed E-state index contributed by atoms with van der Waals surface area (Å²) in [5, 5.41) is 0. The molecule has 178 valence electrons. The third-order valence-electron chi connectivity index (χ3n) is 5.46. The van der Waals surface area contributed by atoms with Gasteiger partial charge in [0.2, 0.25) is 18.2 Å². The Balaban J connectivity index is 1.67. The minimum atomic E-state index is 0.358. The molecular formula is C28H26BrN3O3. The molecule has 7 heteroatoms. The highest BCUT2D eigenvalue weighted by atomic mass is 79.9. The van der Waals surface area contributed by atoms with Crippen molar-refractivity contribution in [2.24, 2.45) is 0 Å². The molecule has 0 aliphatic heterocycles. The molecule has 0 bridgehead atoms. The van der Waals surface area contributed by atoms with Crippen molar-refractivity contribution in [2.45, 2.75) is 13.2 Å². The number of para-hydroxylation sites is 1. The summed E-state index contributed by atoms with van der Waals surface area (Å²) >= 11 is 3.57. The van der Waals surface area contributed by atoms with Crippen LogP contribution in [0.25, 0.3) is 0 Å². The molecule has 0 fully saturated rings. The minimum absolute atomic E-state index is 0.358. The van der Waals surface area contributed by atoms with Crippen LogP contribution in [0.1, 0.15) is 11.1 Å². The van der Waals surface area contributed by atoms with Crippen molar-refractivity contribution in [3.8, 4) is 11.8 Å². The Morgan fingerprint density at radius 1 is 0.771 bits per heavy atom. The van der Waals surface area contributed by atoms with Crippen molar-refractivity contribution in [2.75, 3.05) is 23.9 Å². The predicted molar refractivity (Wildman–Crippen MR) is 142 cm³/mol. The number of ether oxygens (including phenoxy) is 2. The fourth-order valence-corrected chi connectivity index (χ4v) is 4.26. The second kappa shape index (κ2) is 11.5. The van der Waals surface area contributed by atoms with Gasteiger partial charge in [-0.15, -0.1) is 0 Å². The summed E-state index contributed by atoms with van der Waals surface area (Å²) in [5.41, 5.74) is 4.38. The van der Waals surface area contributed by atoms with Crippen LogP contribution in [0.3, 0.4) is 0 Å². The zero-order chi connectivity index (χ0) is 24.6. The molecule has 1 heterocycles. The maximum Gasteiger partial charge on any atom is 0.241 e. The van der Waals surface area contributed by atoms with Gasteiger partial charge in [-0.1, -0.05) is 66.7 Å². The Morgan fingerprint density at radius 3 is 2.03 bits per heavy atom.